The Kier molecular flexibility index (Phi) is 2.80. The summed E-state index contributed by atoms with van der Waals surface area (Å²) >= 11 is 5.90. The first-order valence-corrected chi connectivity index (χ1v) is 5.51. The molecule has 0 aromatic heterocycles. The van der Waals surface area contributed by atoms with E-state index in [-0.39, 0.29) is 0 Å². The van der Waals surface area contributed by atoms with E-state index >= 15 is 0 Å². The van der Waals surface area contributed by atoms with Gasteiger partial charge in [0.1, 0.15) is 5.75 Å². The number of carboxylic acid groups (broad SMARTS) is 1. The summed E-state index contributed by atoms with van der Waals surface area (Å²) in [7, 11) is 1.55. The van der Waals surface area contributed by atoms with Crippen LogP contribution in [0.15, 0.2) is 18.2 Å². The van der Waals surface area contributed by atoms with E-state index in [9.17, 15) is 4.79 Å². The van der Waals surface area contributed by atoms with Crippen LogP contribution in [0.5, 0.6) is 5.75 Å². The average Bonchev–Trinajstić information content (AvgIpc) is 3.02. The number of hydrogen-bond acceptors (Lipinski definition) is 2. The first-order valence-electron chi connectivity index (χ1n) is 5.13. The molecule has 1 aliphatic carbocycles. The summed E-state index contributed by atoms with van der Waals surface area (Å²) in [4.78, 5) is 11.1. The molecule has 0 radical (unpaired) electrons. The summed E-state index contributed by atoms with van der Waals surface area (Å²) in [6, 6.07) is 5.41. The van der Waals surface area contributed by atoms with E-state index in [1.807, 2.05) is 12.1 Å². The topological polar surface area (TPSA) is 46.5 Å². The molecule has 16 heavy (non-hydrogen) atoms. The number of methoxy groups -OCH3 is 1. The highest BCUT2D eigenvalue weighted by atomic mass is 35.5. The van der Waals surface area contributed by atoms with Gasteiger partial charge in [0.2, 0.25) is 0 Å². The molecule has 0 saturated heterocycles. The number of hydrogen-bond donors (Lipinski definition) is 1. The highest BCUT2D eigenvalue weighted by Gasteiger charge is 2.49. The maximum Gasteiger partial charge on any atom is 0.309 e. The third-order valence-electron chi connectivity index (χ3n) is 3.07. The molecular weight excluding hydrogens is 228 g/mol. The lowest BCUT2D eigenvalue weighted by atomic mass is 9.96. The minimum Gasteiger partial charge on any atom is -0.495 e. The van der Waals surface area contributed by atoms with E-state index in [0.29, 0.717) is 17.2 Å². The van der Waals surface area contributed by atoms with Gasteiger partial charge >= 0.3 is 5.97 Å². The Morgan fingerprint density at radius 3 is 2.75 bits per heavy atom. The summed E-state index contributed by atoms with van der Waals surface area (Å²) in [5.41, 5.74) is 0.417. The van der Waals surface area contributed by atoms with Gasteiger partial charge in [-0.2, -0.15) is 0 Å². The predicted octanol–water partition coefficient (Wildman–Crippen LogP) is 2.76. The second-order valence-corrected chi connectivity index (χ2v) is 4.64. The fourth-order valence-corrected chi connectivity index (χ4v) is 2.02. The van der Waals surface area contributed by atoms with E-state index in [2.05, 4.69) is 0 Å². The molecular formula is C12H13ClO3. The van der Waals surface area contributed by atoms with Gasteiger partial charge in [-0.05, 0) is 37.0 Å². The fraction of sp³-hybridized carbons (Fsp3) is 0.417. The van der Waals surface area contributed by atoms with Crippen LogP contribution in [-0.4, -0.2) is 18.2 Å². The van der Waals surface area contributed by atoms with Crippen LogP contribution in [0.2, 0.25) is 5.02 Å². The molecule has 1 aromatic rings. The summed E-state index contributed by atoms with van der Waals surface area (Å²) < 4.78 is 5.10. The van der Waals surface area contributed by atoms with Crippen LogP contribution in [-0.2, 0) is 11.2 Å². The number of carboxylic acids is 1. The third-order valence-corrected chi connectivity index (χ3v) is 3.38. The molecule has 1 N–H and O–H groups in total. The molecule has 0 spiro atoms. The van der Waals surface area contributed by atoms with Crippen molar-refractivity contribution < 1.29 is 14.6 Å². The molecule has 1 aliphatic rings. The number of halogens is 1. The van der Waals surface area contributed by atoms with Crippen LogP contribution in [0.4, 0.5) is 0 Å². The van der Waals surface area contributed by atoms with Gasteiger partial charge in [-0.1, -0.05) is 17.7 Å². The summed E-state index contributed by atoms with van der Waals surface area (Å²) in [5, 5.41) is 9.64. The van der Waals surface area contributed by atoms with Crippen molar-refractivity contribution in [2.75, 3.05) is 7.11 Å². The SMILES string of the molecule is COc1cc(CC2(C(=O)O)CC2)ccc1Cl. The zero-order chi connectivity index (χ0) is 11.8. The minimum absolute atomic E-state index is 0.543. The van der Waals surface area contributed by atoms with Crippen molar-refractivity contribution in [3.05, 3.63) is 28.8 Å². The smallest absolute Gasteiger partial charge is 0.309 e. The second-order valence-electron chi connectivity index (χ2n) is 4.23. The fourth-order valence-electron chi connectivity index (χ4n) is 1.82. The van der Waals surface area contributed by atoms with Crippen molar-refractivity contribution in [2.45, 2.75) is 19.3 Å². The molecule has 2 rings (SSSR count). The quantitative estimate of drug-likeness (QED) is 0.880. The molecule has 0 atom stereocenters. The summed E-state index contributed by atoms with van der Waals surface area (Å²) in [5.74, 6) is -0.109. The number of benzene rings is 1. The van der Waals surface area contributed by atoms with E-state index < -0.39 is 11.4 Å². The number of aliphatic carboxylic acids is 1. The molecule has 0 amide bonds. The normalized spacial score (nSPS) is 16.9. The zero-order valence-electron chi connectivity index (χ0n) is 9.00. The van der Waals surface area contributed by atoms with Crippen LogP contribution < -0.4 is 4.74 Å². The van der Waals surface area contributed by atoms with E-state index in [1.54, 1.807) is 13.2 Å². The maximum absolute atomic E-state index is 11.1. The largest absolute Gasteiger partial charge is 0.495 e. The number of ether oxygens (including phenoxy) is 1. The maximum atomic E-state index is 11.1. The molecule has 0 heterocycles. The molecule has 3 nitrogen and oxygen atoms in total. The van der Waals surface area contributed by atoms with Crippen molar-refractivity contribution >= 4 is 17.6 Å². The van der Waals surface area contributed by atoms with Crippen molar-refractivity contribution in [3.63, 3.8) is 0 Å². The van der Waals surface area contributed by atoms with Gasteiger partial charge < -0.3 is 9.84 Å². The number of carbonyl (C=O) groups is 1. The molecule has 0 bridgehead atoms. The molecule has 0 aliphatic heterocycles. The molecule has 0 unspecified atom stereocenters. The van der Waals surface area contributed by atoms with E-state index in [1.165, 1.54) is 0 Å². The minimum atomic E-state index is -0.707. The monoisotopic (exact) mass is 240 g/mol. The van der Waals surface area contributed by atoms with Gasteiger partial charge in [0.25, 0.3) is 0 Å². The third kappa shape index (κ3) is 2.00. The predicted molar refractivity (Wildman–Crippen MR) is 61.0 cm³/mol. The Balaban J connectivity index is 2.19. The molecule has 86 valence electrons. The Morgan fingerprint density at radius 1 is 1.56 bits per heavy atom. The van der Waals surface area contributed by atoms with Crippen molar-refractivity contribution in [1.29, 1.82) is 0 Å². The van der Waals surface area contributed by atoms with Gasteiger partial charge in [0, 0.05) is 0 Å². The van der Waals surface area contributed by atoms with Crippen LogP contribution in [0.25, 0.3) is 0 Å². The summed E-state index contributed by atoms with van der Waals surface area (Å²) in [6.45, 7) is 0. The number of rotatable bonds is 4. The first-order chi connectivity index (χ1) is 7.57. The van der Waals surface area contributed by atoms with Gasteiger partial charge in [0.05, 0.1) is 17.5 Å². The van der Waals surface area contributed by atoms with Crippen molar-refractivity contribution in [2.24, 2.45) is 5.41 Å². The molecule has 1 aromatic carbocycles. The Labute approximate surface area is 99.0 Å². The molecule has 1 saturated carbocycles. The van der Waals surface area contributed by atoms with Crippen LogP contribution >= 0.6 is 11.6 Å². The van der Waals surface area contributed by atoms with Crippen LogP contribution in [0.3, 0.4) is 0 Å². The lowest BCUT2D eigenvalue weighted by Crippen LogP contribution is -2.17. The first kappa shape index (κ1) is 11.3. The Hall–Kier alpha value is -1.22. The van der Waals surface area contributed by atoms with Gasteiger partial charge in [-0.15, -0.1) is 0 Å². The second kappa shape index (κ2) is 3.98. The molecule has 4 heteroatoms. The standard InChI is InChI=1S/C12H13ClO3/c1-16-10-6-8(2-3-9(10)13)7-12(4-5-12)11(14)15/h2-3,6H,4-5,7H2,1H3,(H,14,15). The lowest BCUT2D eigenvalue weighted by Gasteiger charge is -2.11. The summed E-state index contributed by atoms with van der Waals surface area (Å²) in [6.07, 6.45) is 2.07. The Bertz CT molecular complexity index is 424. The van der Waals surface area contributed by atoms with Crippen LogP contribution in [0.1, 0.15) is 18.4 Å². The average molecular weight is 241 g/mol. The van der Waals surface area contributed by atoms with E-state index in [4.69, 9.17) is 21.4 Å². The van der Waals surface area contributed by atoms with Crippen molar-refractivity contribution in [1.82, 2.24) is 0 Å². The lowest BCUT2D eigenvalue weighted by molar-refractivity contribution is -0.143. The van der Waals surface area contributed by atoms with E-state index in [0.717, 1.165) is 18.4 Å². The zero-order valence-corrected chi connectivity index (χ0v) is 9.75. The highest BCUT2D eigenvalue weighted by Crippen LogP contribution is 2.49. The van der Waals surface area contributed by atoms with Gasteiger partial charge in [-0.25, -0.2) is 0 Å². The Morgan fingerprint density at radius 2 is 2.25 bits per heavy atom. The van der Waals surface area contributed by atoms with Crippen molar-refractivity contribution in [3.8, 4) is 5.75 Å². The molecule has 1 fully saturated rings. The van der Waals surface area contributed by atoms with Gasteiger partial charge in [0.15, 0.2) is 0 Å². The van der Waals surface area contributed by atoms with Crippen LogP contribution in [0, 0.1) is 5.41 Å². The van der Waals surface area contributed by atoms with Gasteiger partial charge in [-0.3, -0.25) is 4.79 Å². The highest BCUT2D eigenvalue weighted by molar-refractivity contribution is 6.32.